The number of amides is 2. The quantitative estimate of drug-likeness (QED) is 0.199. The van der Waals surface area contributed by atoms with Crippen LogP contribution in [0.3, 0.4) is 0 Å². The lowest BCUT2D eigenvalue weighted by Gasteiger charge is -2.28. The molecule has 4 atom stereocenters. The Bertz CT molecular complexity index is 1620. The Labute approximate surface area is 268 Å². The highest BCUT2D eigenvalue weighted by atomic mass is 32.2. The molecule has 46 heavy (non-hydrogen) atoms. The number of ether oxygens (including phenoxy) is 2. The molecule has 1 aliphatic rings. The van der Waals surface area contributed by atoms with Crippen LogP contribution < -0.4 is 20.5 Å². The van der Waals surface area contributed by atoms with Gasteiger partial charge in [0, 0.05) is 19.3 Å². The van der Waals surface area contributed by atoms with Crippen molar-refractivity contribution in [2.45, 2.75) is 56.3 Å². The van der Waals surface area contributed by atoms with Gasteiger partial charge in [-0.05, 0) is 62.6 Å². The second-order valence-electron chi connectivity index (χ2n) is 11.2. The van der Waals surface area contributed by atoms with Gasteiger partial charge in [-0.3, -0.25) is 19.4 Å². The average molecular weight is 654 g/mol. The van der Waals surface area contributed by atoms with Gasteiger partial charge in [-0.25, -0.2) is 8.42 Å². The van der Waals surface area contributed by atoms with Crippen LogP contribution in [0.2, 0.25) is 0 Å². The summed E-state index contributed by atoms with van der Waals surface area (Å²) < 4.78 is 39.8. The molecule has 4 rings (SSSR count). The third-order valence-corrected chi connectivity index (χ3v) is 9.37. The highest BCUT2D eigenvalue weighted by molar-refractivity contribution is 7.89. The molecule has 246 valence electrons. The predicted octanol–water partition coefficient (Wildman–Crippen LogP) is 1.62. The van der Waals surface area contributed by atoms with Crippen molar-refractivity contribution in [3.05, 3.63) is 89.2 Å². The first-order valence-electron chi connectivity index (χ1n) is 14.7. The number of nitrogens with one attached hydrogen (secondary N) is 2. The maximum atomic E-state index is 13.2. The summed E-state index contributed by atoms with van der Waals surface area (Å²) in [6.45, 7) is 4.04. The van der Waals surface area contributed by atoms with Crippen molar-refractivity contribution in [2.24, 2.45) is 5.73 Å². The zero-order valence-electron chi connectivity index (χ0n) is 25.9. The van der Waals surface area contributed by atoms with E-state index in [1.807, 2.05) is 13.0 Å². The first kappa shape index (κ1) is 34.5. The molecule has 2 heterocycles. The third kappa shape index (κ3) is 8.88. The van der Waals surface area contributed by atoms with Crippen molar-refractivity contribution >= 4 is 27.8 Å². The van der Waals surface area contributed by atoms with Crippen molar-refractivity contribution in [1.29, 1.82) is 0 Å². The van der Waals surface area contributed by atoms with Crippen LogP contribution in [0.25, 0.3) is 0 Å². The number of para-hydroxylation sites is 1. The Morgan fingerprint density at radius 1 is 1.04 bits per heavy atom. The summed E-state index contributed by atoms with van der Waals surface area (Å²) in [6.07, 6.45) is 1.36. The van der Waals surface area contributed by atoms with Gasteiger partial charge in [0.15, 0.2) is 6.61 Å². The lowest BCUT2D eigenvalue weighted by atomic mass is 10.0. The summed E-state index contributed by atoms with van der Waals surface area (Å²) in [7, 11) is -4.21. The van der Waals surface area contributed by atoms with Crippen LogP contribution in [-0.4, -0.2) is 85.7 Å². The maximum absolute atomic E-state index is 13.2. The first-order valence-corrected chi connectivity index (χ1v) is 16.2. The van der Waals surface area contributed by atoms with Crippen LogP contribution in [0.5, 0.6) is 5.75 Å². The smallest absolute Gasteiger partial charge is 0.323 e. The fraction of sp³-hybridized carbons (Fsp3) is 0.375. The number of aliphatic carboxylic acids is 1. The van der Waals surface area contributed by atoms with E-state index in [4.69, 9.17) is 15.2 Å². The van der Waals surface area contributed by atoms with Crippen molar-refractivity contribution in [3.8, 4) is 5.75 Å². The zero-order chi connectivity index (χ0) is 33.4. The van der Waals surface area contributed by atoms with Gasteiger partial charge in [-0.1, -0.05) is 42.0 Å². The number of nitrogens with two attached hydrogens (primary N) is 1. The molecule has 4 unspecified atom stereocenters. The van der Waals surface area contributed by atoms with Crippen LogP contribution in [0, 0.1) is 20.8 Å². The molecule has 1 aromatic heterocycles. The van der Waals surface area contributed by atoms with Crippen molar-refractivity contribution in [2.75, 3.05) is 26.3 Å². The van der Waals surface area contributed by atoms with Gasteiger partial charge in [-0.2, -0.15) is 4.72 Å². The minimum Gasteiger partial charge on any atom is -0.484 e. The normalized spacial score (nSPS) is 17.7. The molecule has 0 radical (unpaired) electrons. The SMILES string of the molecule is Cc1cc(C)c(S(=O)(=O)NC(CNC(=O)COC2CC(C(N)c3ccccn3)N(C(=O)COc3ccccc3)C2)C(=O)O)c(C)c1. The molecule has 13 nitrogen and oxygen atoms in total. The monoisotopic (exact) mass is 653 g/mol. The summed E-state index contributed by atoms with van der Waals surface area (Å²) in [6, 6.07) is 14.9. The number of carbonyl (C=O) groups excluding carboxylic acids is 2. The van der Waals surface area contributed by atoms with Crippen molar-refractivity contribution < 1.29 is 37.4 Å². The van der Waals surface area contributed by atoms with Crippen molar-refractivity contribution in [1.82, 2.24) is 19.9 Å². The minimum atomic E-state index is -4.21. The van der Waals surface area contributed by atoms with Crippen LogP contribution in [0.4, 0.5) is 0 Å². The number of likely N-dealkylation sites (tertiary alicyclic amines) is 1. The van der Waals surface area contributed by atoms with Crippen LogP contribution in [-0.2, 0) is 29.1 Å². The molecule has 0 saturated carbocycles. The second-order valence-corrected chi connectivity index (χ2v) is 12.9. The number of carboxylic acid groups (broad SMARTS) is 1. The molecule has 3 aromatic rings. The van der Waals surface area contributed by atoms with Gasteiger partial charge in [0.2, 0.25) is 15.9 Å². The Balaban J connectivity index is 1.36. The molecular formula is C32H39N5O8S. The number of aryl methyl sites for hydroxylation is 3. The molecule has 1 fully saturated rings. The van der Waals surface area contributed by atoms with Gasteiger partial charge in [-0.15, -0.1) is 0 Å². The number of aromatic nitrogens is 1. The second kappa shape index (κ2) is 15.3. The molecule has 0 spiro atoms. The fourth-order valence-corrected chi connectivity index (χ4v) is 7.21. The van der Waals surface area contributed by atoms with E-state index < -0.39 is 59.3 Å². The molecule has 2 amide bonds. The molecule has 0 aliphatic carbocycles. The summed E-state index contributed by atoms with van der Waals surface area (Å²) in [4.78, 5) is 43.7. The van der Waals surface area contributed by atoms with Crippen LogP contribution in [0.1, 0.15) is 34.8 Å². The van der Waals surface area contributed by atoms with E-state index >= 15 is 0 Å². The predicted molar refractivity (Wildman–Crippen MR) is 168 cm³/mol. The molecular weight excluding hydrogens is 614 g/mol. The number of pyridine rings is 1. The minimum absolute atomic E-state index is 0.00743. The number of sulfonamides is 1. The zero-order valence-corrected chi connectivity index (χ0v) is 26.7. The largest absolute Gasteiger partial charge is 0.484 e. The summed E-state index contributed by atoms with van der Waals surface area (Å²) in [5, 5.41) is 12.1. The Morgan fingerprint density at radius 2 is 1.72 bits per heavy atom. The number of carboxylic acids is 1. The van der Waals surface area contributed by atoms with E-state index in [0.717, 1.165) is 5.56 Å². The molecule has 14 heteroatoms. The van der Waals surface area contributed by atoms with E-state index in [-0.39, 0.29) is 24.0 Å². The van der Waals surface area contributed by atoms with E-state index in [1.54, 1.807) is 79.5 Å². The highest BCUT2D eigenvalue weighted by Crippen LogP contribution is 2.29. The molecule has 1 aliphatic heterocycles. The number of hydrogen-bond donors (Lipinski definition) is 4. The average Bonchev–Trinajstić information content (AvgIpc) is 3.45. The topological polar surface area (TPSA) is 190 Å². The summed E-state index contributed by atoms with van der Waals surface area (Å²) in [5.41, 5.74) is 8.95. The fourth-order valence-electron chi connectivity index (χ4n) is 5.57. The molecule has 0 bridgehead atoms. The van der Waals surface area contributed by atoms with Crippen LogP contribution >= 0.6 is 0 Å². The number of hydrogen-bond acceptors (Lipinski definition) is 9. The van der Waals surface area contributed by atoms with E-state index in [0.29, 0.717) is 29.0 Å². The highest BCUT2D eigenvalue weighted by Gasteiger charge is 2.40. The van der Waals surface area contributed by atoms with Gasteiger partial charge in [0.25, 0.3) is 5.91 Å². The summed E-state index contributed by atoms with van der Waals surface area (Å²) in [5.74, 6) is -1.89. The molecule has 5 N–H and O–H groups in total. The van der Waals surface area contributed by atoms with E-state index in [2.05, 4.69) is 15.0 Å². The summed E-state index contributed by atoms with van der Waals surface area (Å²) >= 11 is 0. The number of benzene rings is 2. The number of carbonyl (C=O) groups is 3. The standard InChI is InChI=1S/C32H39N5O8S/c1-20-13-21(2)31(22(3)14-20)46(42,43)36-26(32(40)41)16-35-28(38)18-44-24-15-27(30(33)25-11-7-8-12-34-25)37(17-24)29(39)19-45-23-9-5-4-6-10-23/h4-14,24,26-27,30,36H,15-19,33H2,1-3H3,(H,35,38)(H,40,41). The first-order chi connectivity index (χ1) is 21.9. The van der Waals surface area contributed by atoms with Crippen LogP contribution in [0.15, 0.2) is 71.8 Å². The van der Waals surface area contributed by atoms with Gasteiger partial charge < -0.3 is 30.5 Å². The lowest BCUT2D eigenvalue weighted by Crippen LogP contribution is -2.49. The Morgan fingerprint density at radius 3 is 2.35 bits per heavy atom. The third-order valence-electron chi connectivity index (χ3n) is 7.60. The molecule has 2 aromatic carbocycles. The number of nitrogens with zero attached hydrogens (tertiary/aromatic N) is 2. The molecule has 1 saturated heterocycles. The van der Waals surface area contributed by atoms with Gasteiger partial charge >= 0.3 is 5.97 Å². The Hall–Kier alpha value is -4.37. The van der Waals surface area contributed by atoms with E-state index in [9.17, 15) is 27.9 Å². The lowest BCUT2D eigenvalue weighted by molar-refractivity contribution is -0.139. The van der Waals surface area contributed by atoms with Gasteiger partial charge in [0.05, 0.1) is 28.8 Å². The van der Waals surface area contributed by atoms with E-state index in [1.165, 1.54) is 0 Å². The Kier molecular flexibility index (Phi) is 11.5. The maximum Gasteiger partial charge on any atom is 0.323 e. The number of rotatable bonds is 14. The van der Waals surface area contributed by atoms with Gasteiger partial charge in [0.1, 0.15) is 18.4 Å². The van der Waals surface area contributed by atoms with Crippen molar-refractivity contribution in [3.63, 3.8) is 0 Å².